The van der Waals surface area contributed by atoms with Crippen LogP contribution in [0.25, 0.3) is 5.69 Å². The minimum absolute atomic E-state index is 0.0611. The highest BCUT2D eigenvalue weighted by molar-refractivity contribution is 5.72. The molecule has 1 aliphatic heterocycles. The summed E-state index contributed by atoms with van der Waals surface area (Å²) < 4.78 is 2.00. The molecule has 3 rings (SSSR count). The van der Waals surface area contributed by atoms with E-state index in [2.05, 4.69) is 52.6 Å². The molecule has 1 aliphatic rings. The largest absolute Gasteiger partial charge is 0.356 e. The van der Waals surface area contributed by atoms with Crippen LogP contribution in [0.1, 0.15) is 30.3 Å². The van der Waals surface area contributed by atoms with Gasteiger partial charge >= 0.3 is 0 Å². The summed E-state index contributed by atoms with van der Waals surface area (Å²) in [6.45, 7) is 9.56. The molecule has 0 bridgehead atoms. The lowest BCUT2D eigenvalue weighted by Crippen LogP contribution is -2.29. The van der Waals surface area contributed by atoms with Crippen LogP contribution in [-0.2, 0) is 11.3 Å². The maximum atomic E-state index is 11.0. The monoisotopic (exact) mass is 326 g/mol. The number of aryl methyl sites for hydroxylation is 2. The van der Waals surface area contributed by atoms with E-state index in [-0.39, 0.29) is 5.91 Å². The third-order valence-electron chi connectivity index (χ3n) is 4.58. The Morgan fingerprint density at radius 3 is 2.88 bits per heavy atom. The van der Waals surface area contributed by atoms with Gasteiger partial charge in [0.15, 0.2) is 0 Å². The van der Waals surface area contributed by atoms with E-state index < -0.39 is 0 Å². The molecule has 5 heteroatoms. The molecule has 1 fully saturated rings. The number of amides is 1. The second-order valence-corrected chi connectivity index (χ2v) is 6.84. The summed E-state index contributed by atoms with van der Waals surface area (Å²) in [7, 11) is 0. The molecule has 0 unspecified atom stereocenters. The summed E-state index contributed by atoms with van der Waals surface area (Å²) in [5.41, 5.74) is 4.62. The fraction of sp³-hybridized carbons (Fsp3) is 0.474. The minimum atomic E-state index is 0.0611. The Morgan fingerprint density at radius 1 is 1.33 bits per heavy atom. The zero-order valence-electron chi connectivity index (χ0n) is 14.7. The summed E-state index contributed by atoms with van der Waals surface area (Å²) >= 11 is 0. The Morgan fingerprint density at radius 2 is 2.17 bits per heavy atom. The fourth-order valence-electron chi connectivity index (χ4n) is 3.45. The van der Waals surface area contributed by atoms with Gasteiger partial charge in [-0.3, -0.25) is 9.69 Å². The molecule has 128 valence electrons. The lowest BCUT2D eigenvalue weighted by atomic mass is 10.1. The third-order valence-corrected chi connectivity index (χ3v) is 4.58. The average molecular weight is 326 g/mol. The zero-order chi connectivity index (χ0) is 17.1. The standard InChI is InChI=1S/C19H26N4O/c1-14-9-15(2)23(21-14)19-6-4-5-17(10-19)12-22-8-7-18(13-22)11-20-16(3)24/h4-6,9-10,18H,7-8,11-13H2,1-3H3,(H,20,24)/t18-/m1/s1. The number of carbonyl (C=O) groups excluding carboxylic acids is 1. The summed E-state index contributed by atoms with van der Waals surface area (Å²) in [5, 5.41) is 7.50. The topological polar surface area (TPSA) is 50.2 Å². The van der Waals surface area contributed by atoms with Gasteiger partial charge in [-0.1, -0.05) is 12.1 Å². The fourth-order valence-corrected chi connectivity index (χ4v) is 3.45. The van der Waals surface area contributed by atoms with Crippen LogP contribution >= 0.6 is 0 Å². The summed E-state index contributed by atoms with van der Waals surface area (Å²) in [6, 6.07) is 10.7. The molecule has 24 heavy (non-hydrogen) atoms. The van der Waals surface area contributed by atoms with E-state index in [4.69, 9.17) is 0 Å². The summed E-state index contributed by atoms with van der Waals surface area (Å²) in [4.78, 5) is 13.5. The first-order valence-corrected chi connectivity index (χ1v) is 8.60. The van der Waals surface area contributed by atoms with Crippen molar-refractivity contribution in [2.45, 2.75) is 33.7 Å². The van der Waals surface area contributed by atoms with E-state index in [1.54, 1.807) is 6.92 Å². The normalized spacial score (nSPS) is 18.0. The molecule has 1 atom stereocenters. The second kappa shape index (κ2) is 7.18. The highest BCUT2D eigenvalue weighted by atomic mass is 16.1. The smallest absolute Gasteiger partial charge is 0.216 e. The van der Waals surface area contributed by atoms with Gasteiger partial charge in [-0.25, -0.2) is 4.68 Å². The van der Waals surface area contributed by atoms with Crippen LogP contribution in [0.5, 0.6) is 0 Å². The number of nitrogens with zero attached hydrogens (tertiary/aromatic N) is 3. The third kappa shape index (κ3) is 4.03. The first-order valence-electron chi connectivity index (χ1n) is 8.60. The Kier molecular flexibility index (Phi) is 5.00. The minimum Gasteiger partial charge on any atom is -0.356 e. The Hall–Kier alpha value is -2.14. The first-order chi connectivity index (χ1) is 11.5. The van der Waals surface area contributed by atoms with Crippen LogP contribution in [0, 0.1) is 19.8 Å². The van der Waals surface area contributed by atoms with Gasteiger partial charge in [0.05, 0.1) is 11.4 Å². The maximum Gasteiger partial charge on any atom is 0.216 e. The van der Waals surface area contributed by atoms with Crippen molar-refractivity contribution in [1.29, 1.82) is 0 Å². The number of rotatable bonds is 5. The van der Waals surface area contributed by atoms with E-state index in [0.717, 1.165) is 49.7 Å². The number of hydrogen-bond acceptors (Lipinski definition) is 3. The van der Waals surface area contributed by atoms with Gasteiger partial charge in [-0.15, -0.1) is 0 Å². The molecule has 0 spiro atoms. The molecule has 0 radical (unpaired) electrons. The van der Waals surface area contributed by atoms with Crippen molar-refractivity contribution in [3.05, 3.63) is 47.3 Å². The van der Waals surface area contributed by atoms with Crippen LogP contribution < -0.4 is 5.32 Å². The summed E-state index contributed by atoms with van der Waals surface area (Å²) in [6.07, 6.45) is 1.15. The molecular weight excluding hydrogens is 300 g/mol. The lowest BCUT2D eigenvalue weighted by molar-refractivity contribution is -0.119. The second-order valence-electron chi connectivity index (χ2n) is 6.84. The van der Waals surface area contributed by atoms with Gasteiger partial charge in [0.25, 0.3) is 0 Å². The van der Waals surface area contributed by atoms with Gasteiger partial charge in [0.2, 0.25) is 5.91 Å². The number of likely N-dealkylation sites (tertiary alicyclic amines) is 1. The van der Waals surface area contributed by atoms with Gasteiger partial charge in [0, 0.05) is 32.3 Å². The van der Waals surface area contributed by atoms with Crippen molar-refractivity contribution in [1.82, 2.24) is 20.0 Å². The highest BCUT2D eigenvalue weighted by Gasteiger charge is 2.22. The maximum absolute atomic E-state index is 11.0. The van der Waals surface area contributed by atoms with E-state index in [0.29, 0.717) is 5.92 Å². The van der Waals surface area contributed by atoms with Crippen LogP contribution in [0.4, 0.5) is 0 Å². The molecule has 1 amide bonds. The quantitative estimate of drug-likeness (QED) is 0.918. The van der Waals surface area contributed by atoms with Crippen LogP contribution in [0.2, 0.25) is 0 Å². The van der Waals surface area contributed by atoms with Crippen LogP contribution in [0.3, 0.4) is 0 Å². The zero-order valence-corrected chi connectivity index (χ0v) is 14.7. The molecule has 1 aromatic carbocycles. The van der Waals surface area contributed by atoms with Crippen molar-refractivity contribution in [3.8, 4) is 5.69 Å². The van der Waals surface area contributed by atoms with E-state index in [1.807, 2.05) is 11.6 Å². The van der Waals surface area contributed by atoms with E-state index in [9.17, 15) is 4.79 Å². The van der Waals surface area contributed by atoms with Gasteiger partial charge in [-0.05, 0) is 56.5 Å². The van der Waals surface area contributed by atoms with Gasteiger partial charge in [0.1, 0.15) is 0 Å². The molecule has 5 nitrogen and oxygen atoms in total. The molecule has 1 saturated heterocycles. The molecule has 2 aromatic rings. The van der Waals surface area contributed by atoms with Crippen molar-refractivity contribution in [3.63, 3.8) is 0 Å². The number of benzene rings is 1. The Labute approximate surface area is 143 Å². The molecule has 1 aromatic heterocycles. The number of hydrogen-bond donors (Lipinski definition) is 1. The van der Waals surface area contributed by atoms with Crippen molar-refractivity contribution >= 4 is 5.91 Å². The lowest BCUT2D eigenvalue weighted by Gasteiger charge is -2.17. The van der Waals surface area contributed by atoms with Crippen LogP contribution in [-0.4, -0.2) is 40.2 Å². The number of aromatic nitrogens is 2. The molecule has 1 N–H and O–H groups in total. The number of carbonyl (C=O) groups is 1. The average Bonchev–Trinajstić information content (AvgIpc) is 3.11. The highest BCUT2D eigenvalue weighted by Crippen LogP contribution is 2.20. The van der Waals surface area contributed by atoms with Crippen LogP contribution in [0.15, 0.2) is 30.3 Å². The van der Waals surface area contributed by atoms with Gasteiger partial charge in [-0.2, -0.15) is 5.10 Å². The van der Waals surface area contributed by atoms with Crippen molar-refractivity contribution < 1.29 is 4.79 Å². The first kappa shape index (κ1) is 16.7. The van der Waals surface area contributed by atoms with Crippen molar-refractivity contribution in [2.75, 3.05) is 19.6 Å². The Bertz CT molecular complexity index is 722. The van der Waals surface area contributed by atoms with E-state index in [1.165, 1.54) is 5.56 Å². The van der Waals surface area contributed by atoms with Crippen molar-refractivity contribution in [2.24, 2.45) is 5.92 Å². The number of nitrogens with one attached hydrogen (secondary N) is 1. The van der Waals surface area contributed by atoms with Gasteiger partial charge < -0.3 is 5.32 Å². The van der Waals surface area contributed by atoms with E-state index >= 15 is 0 Å². The molecule has 0 saturated carbocycles. The summed E-state index contributed by atoms with van der Waals surface area (Å²) in [5.74, 6) is 0.624. The molecule has 2 heterocycles. The predicted molar refractivity (Wildman–Crippen MR) is 95.1 cm³/mol. The molecular formula is C19H26N4O. The molecule has 0 aliphatic carbocycles. The SMILES string of the molecule is CC(=O)NC[C@H]1CCN(Cc2cccc(-n3nc(C)cc3C)c2)C1. The predicted octanol–water partition coefficient (Wildman–Crippen LogP) is 2.45. The Balaban J connectivity index is 1.63.